The number of benzene rings is 10. The second kappa shape index (κ2) is 16.8. The third-order valence-electron chi connectivity index (χ3n) is 17.1. The number of nitrogens with zero attached hydrogens (tertiary/aromatic N) is 2. The third kappa shape index (κ3) is 6.29. The molecule has 3 heteroatoms. The van der Waals surface area contributed by atoms with E-state index in [1.165, 1.54) is 110 Å². The molecular weight excluding hydrogens is 921 g/mol. The summed E-state index contributed by atoms with van der Waals surface area (Å²) >= 11 is 0. The molecular formula is C73H50N2O. The van der Waals surface area contributed by atoms with Crippen molar-refractivity contribution in [2.75, 3.05) is 4.90 Å². The van der Waals surface area contributed by atoms with Crippen molar-refractivity contribution in [3.63, 3.8) is 0 Å². The van der Waals surface area contributed by atoms with Gasteiger partial charge in [-0.3, -0.25) is 0 Å². The number of para-hydroxylation sites is 3. The van der Waals surface area contributed by atoms with Gasteiger partial charge in [-0.2, -0.15) is 0 Å². The molecule has 3 aliphatic rings. The van der Waals surface area contributed by atoms with Crippen molar-refractivity contribution in [2.24, 2.45) is 0 Å². The highest BCUT2D eigenvalue weighted by atomic mass is 16.3. The van der Waals surface area contributed by atoms with Gasteiger partial charge in [0.25, 0.3) is 0 Å². The Labute approximate surface area is 441 Å². The molecule has 0 radical (unpaired) electrons. The quantitative estimate of drug-likeness (QED) is 0.151. The lowest BCUT2D eigenvalue weighted by Gasteiger charge is -2.37. The first-order valence-corrected chi connectivity index (χ1v) is 26.8. The number of anilines is 2. The number of hydrogen-bond donors (Lipinski definition) is 0. The molecule has 16 rings (SSSR count). The average molecular weight is 971 g/mol. The van der Waals surface area contributed by atoms with Crippen LogP contribution in [0.3, 0.4) is 0 Å². The predicted octanol–water partition coefficient (Wildman–Crippen LogP) is 18.9. The number of rotatable bonds is 8. The first-order chi connectivity index (χ1) is 37.7. The van der Waals surface area contributed by atoms with Gasteiger partial charge in [0.1, 0.15) is 11.3 Å². The summed E-state index contributed by atoms with van der Waals surface area (Å²) in [5.74, 6) is 1.24. The number of fused-ring (bicyclic) bond motifs is 12. The van der Waals surface area contributed by atoms with Crippen LogP contribution in [0.4, 0.5) is 11.4 Å². The van der Waals surface area contributed by atoms with Gasteiger partial charge in [0.2, 0.25) is 0 Å². The van der Waals surface area contributed by atoms with Crippen LogP contribution < -0.4 is 4.90 Å². The zero-order valence-electron chi connectivity index (χ0n) is 41.8. The van der Waals surface area contributed by atoms with Crippen LogP contribution in [0.25, 0.3) is 88.5 Å². The first-order valence-electron chi connectivity index (χ1n) is 26.8. The van der Waals surface area contributed by atoms with E-state index in [9.17, 15) is 0 Å². The van der Waals surface area contributed by atoms with Gasteiger partial charge in [-0.25, -0.2) is 0 Å². The highest BCUT2D eigenvalue weighted by Gasteiger charge is 2.47. The second-order valence-corrected chi connectivity index (χ2v) is 21.0. The van der Waals surface area contributed by atoms with Gasteiger partial charge >= 0.3 is 0 Å². The van der Waals surface area contributed by atoms with Crippen LogP contribution in [0.5, 0.6) is 0 Å². The molecule has 2 unspecified atom stereocenters. The van der Waals surface area contributed by atoms with Crippen molar-refractivity contribution in [1.82, 2.24) is 4.40 Å². The molecule has 0 N–H and O–H groups in total. The molecule has 0 saturated carbocycles. The van der Waals surface area contributed by atoms with Crippen LogP contribution >= 0.6 is 0 Å². The van der Waals surface area contributed by atoms with E-state index < -0.39 is 5.41 Å². The van der Waals surface area contributed by atoms with E-state index in [1.54, 1.807) is 0 Å². The topological polar surface area (TPSA) is 20.8 Å². The zero-order chi connectivity index (χ0) is 49.9. The lowest BCUT2D eigenvalue weighted by Crippen LogP contribution is -2.32. The smallest absolute Gasteiger partial charge is 0.134 e. The fraction of sp³-hybridized carbons (Fsp3) is 0.0685. The second-order valence-electron chi connectivity index (χ2n) is 21.0. The lowest BCUT2D eigenvalue weighted by molar-refractivity contribution is 0.514. The van der Waals surface area contributed by atoms with Gasteiger partial charge in [-0.05, 0) is 135 Å². The molecule has 0 saturated heterocycles. The van der Waals surface area contributed by atoms with Crippen LogP contribution in [0.15, 0.2) is 271 Å². The maximum atomic E-state index is 6.63. The Kier molecular flexibility index (Phi) is 9.50. The van der Waals surface area contributed by atoms with Gasteiger partial charge in [0.05, 0.1) is 28.0 Å². The van der Waals surface area contributed by atoms with Crippen molar-refractivity contribution in [2.45, 2.75) is 30.2 Å². The highest BCUT2D eigenvalue weighted by Crippen LogP contribution is 2.58. The molecule has 3 aliphatic carbocycles. The van der Waals surface area contributed by atoms with Crippen LogP contribution in [0, 0.1) is 0 Å². The largest absolute Gasteiger partial charge is 0.460 e. The van der Waals surface area contributed by atoms with Crippen molar-refractivity contribution >= 4 is 66.5 Å². The molecule has 13 aromatic rings. The molecule has 3 heterocycles. The van der Waals surface area contributed by atoms with Crippen molar-refractivity contribution in [1.29, 1.82) is 0 Å². The fourth-order valence-electron chi connectivity index (χ4n) is 13.7. The molecule has 3 nitrogen and oxygen atoms in total. The Bertz CT molecular complexity index is 4390. The highest BCUT2D eigenvalue weighted by molar-refractivity contribution is 6.24. The average Bonchev–Trinajstić information content (AvgIpc) is 4.42. The van der Waals surface area contributed by atoms with E-state index in [0.717, 1.165) is 35.6 Å². The molecule has 0 spiro atoms. The summed E-state index contributed by atoms with van der Waals surface area (Å²) in [7, 11) is 0. The summed E-state index contributed by atoms with van der Waals surface area (Å²) in [6.45, 7) is 0. The van der Waals surface area contributed by atoms with Gasteiger partial charge in [-0.1, -0.05) is 206 Å². The van der Waals surface area contributed by atoms with Crippen molar-refractivity contribution in [3.8, 4) is 33.4 Å². The van der Waals surface area contributed by atoms with Crippen LogP contribution in [0.2, 0.25) is 0 Å². The van der Waals surface area contributed by atoms with E-state index >= 15 is 0 Å². The summed E-state index contributed by atoms with van der Waals surface area (Å²) in [5.41, 5.74) is 21.4. The van der Waals surface area contributed by atoms with Gasteiger partial charge in [-0.15, -0.1) is 0 Å². The number of furan rings is 1. The summed E-state index contributed by atoms with van der Waals surface area (Å²) in [4.78, 5) is 2.58. The standard InChI is InChI=1S/C73H50N2O/c1-4-17-47(18-5-1)48-31-36-54(37-32-48)74(55-38-33-49(34-39-55)57-26-16-27-63-62-25-12-15-30-70(62)76-72(57)63)56-40-42-59-58-41-35-50(45-66(58)73(67(59)46-56,52-19-6-2-7-20-52)53-21-8-3-9-22-53)51-43-64-60-23-10-13-28-68(60)75-69-29-14-11-24-61(69)65(44-51)71(64)75/h1-25,27-38,40-46,55,57H,26,39H2. The van der Waals surface area contributed by atoms with E-state index in [4.69, 9.17) is 4.42 Å². The predicted molar refractivity (Wildman–Crippen MR) is 316 cm³/mol. The molecule has 76 heavy (non-hydrogen) atoms. The molecule has 358 valence electrons. The van der Waals surface area contributed by atoms with Crippen molar-refractivity contribution in [3.05, 3.63) is 300 Å². The van der Waals surface area contributed by atoms with E-state index in [-0.39, 0.29) is 12.0 Å². The molecule has 3 aromatic heterocycles. The molecule has 0 amide bonds. The minimum atomic E-state index is -0.625. The third-order valence-corrected chi connectivity index (χ3v) is 17.1. The minimum Gasteiger partial charge on any atom is -0.460 e. The van der Waals surface area contributed by atoms with Gasteiger partial charge in [0, 0.05) is 49.8 Å². The molecule has 10 aromatic carbocycles. The maximum absolute atomic E-state index is 6.63. The molecule has 0 bridgehead atoms. The number of allylic oxidation sites excluding steroid dienone is 3. The molecule has 2 atom stereocenters. The summed E-state index contributed by atoms with van der Waals surface area (Å²) < 4.78 is 9.10. The zero-order valence-corrected chi connectivity index (χ0v) is 41.8. The summed E-state index contributed by atoms with van der Waals surface area (Å²) in [6.07, 6.45) is 13.6. The number of hydrogen-bond acceptors (Lipinski definition) is 2. The normalized spacial score (nSPS) is 16.4. The van der Waals surface area contributed by atoms with E-state index in [0.29, 0.717) is 0 Å². The minimum absolute atomic E-state index is 0.0553. The van der Waals surface area contributed by atoms with E-state index in [2.05, 4.69) is 276 Å². The van der Waals surface area contributed by atoms with Crippen LogP contribution in [-0.2, 0) is 5.41 Å². The van der Waals surface area contributed by atoms with Crippen LogP contribution in [0.1, 0.15) is 52.3 Å². The molecule has 0 aliphatic heterocycles. The molecule has 0 fully saturated rings. The lowest BCUT2D eigenvalue weighted by atomic mass is 9.67. The monoisotopic (exact) mass is 970 g/mol. The summed E-state index contributed by atoms with van der Waals surface area (Å²) in [6, 6.07) is 88.2. The van der Waals surface area contributed by atoms with Gasteiger partial charge < -0.3 is 13.7 Å². The number of aromatic nitrogens is 1. The Balaban J connectivity index is 0.868. The van der Waals surface area contributed by atoms with Crippen molar-refractivity contribution < 1.29 is 4.42 Å². The van der Waals surface area contributed by atoms with Crippen LogP contribution in [-0.4, -0.2) is 10.4 Å². The first kappa shape index (κ1) is 43.0. The Hall–Kier alpha value is -9.44. The maximum Gasteiger partial charge on any atom is 0.134 e. The Morgan fingerprint density at radius 2 is 1.01 bits per heavy atom. The Morgan fingerprint density at radius 1 is 0.447 bits per heavy atom. The van der Waals surface area contributed by atoms with Gasteiger partial charge in [0.15, 0.2) is 0 Å². The fourth-order valence-corrected chi connectivity index (χ4v) is 13.7. The summed E-state index contributed by atoms with van der Waals surface area (Å²) in [5, 5.41) is 6.32. The SMILES string of the molecule is C1=Cc2c(oc3ccccc23)C(C2=CCC(N(c3ccc(-c4ccccc4)cc3)c3ccc4c(c3)C(c3ccccc3)(c3ccccc3)c3cc(-c5cc6c7ccccc7n7c8ccccc8c(c5)c67)ccc3-4)C=C2)C1. The Morgan fingerprint density at radius 3 is 1.68 bits per heavy atom. The van der Waals surface area contributed by atoms with E-state index in [1.807, 2.05) is 0 Å².